The lowest BCUT2D eigenvalue weighted by Gasteiger charge is -1.99. The Bertz CT molecular complexity index is 262. The first-order valence-corrected chi connectivity index (χ1v) is 2.83. The molecule has 0 bridgehead atoms. The molecule has 0 atom stereocenters. The predicted octanol–water partition coefficient (Wildman–Crippen LogP) is 1.07. The van der Waals surface area contributed by atoms with E-state index in [0.29, 0.717) is 5.75 Å². The van der Waals surface area contributed by atoms with Crippen molar-refractivity contribution in [2.75, 3.05) is 7.11 Å². The molecular formula is C8H7NO. The number of aromatic nitrogens is 1. The van der Waals surface area contributed by atoms with Crippen LogP contribution in [0.1, 0.15) is 5.56 Å². The number of hydrogen-bond acceptors (Lipinski definition) is 2. The van der Waals surface area contributed by atoms with Crippen LogP contribution in [0, 0.1) is 12.3 Å². The summed E-state index contributed by atoms with van der Waals surface area (Å²) in [6.45, 7) is 0. The van der Waals surface area contributed by atoms with Gasteiger partial charge in [-0.15, -0.1) is 6.42 Å². The second-order valence-corrected chi connectivity index (χ2v) is 1.72. The van der Waals surface area contributed by atoms with Crippen LogP contribution in [0.5, 0.6) is 5.75 Å². The maximum absolute atomic E-state index is 5.17. The third-order valence-electron chi connectivity index (χ3n) is 1.16. The summed E-state index contributed by atoms with van der Waals surface area (Å²) < 4.78 is 4.93. The topological polar surface area (TPSA) is 22.1 Å². The van der Waals surface area contributed by atoms with Gasteiger partial charge in [0.15, 0.2) is 5.75 Å². The molecule has 2 nitrogen and oxygen atoms in total. The summed E-state index contributed by atoms with van der Waals surface area (Å²) in [5.41, 5.74) is 0.734. The Hall–Kier alpha value is -1.49. The predicted molar refractivity (Wildman–Crippen MR) is 38.7 cm³/mol. The molecule has 1 aromatic rings. The minimum Gasteiger partial charge on any atom is -0.494 e. The minimum atomic E-state index is 0.644. The second-order valence-electron chi connectivity index (χ2n) is 1.72. The zero-order valence-electron chi connectivity index (χ0n) is 5.66. The maximum atomic E-state index is 5.17. The normalized spacial score (nSPS) is 8.40. The molecule has 0 aliphatic rings. The van der Waals surface area contributed by atoms with Crippen molar-refractivity contribution in [1.29, 1.82) is 0 Å². The highest BCUT2D eigenvalue weighted by molar-refractivity contribution is 5.42. The molecule has 0 fully saturated rings. The lowest BCUT2D eigenvalue weighted by atomic mass is 10.3. The maximum Gasteiger partial charge on any atom is 0.152 e. The van der Waals surface area contributed by atoms with Gasteiger partial charge in [0.25, 0.3) is 0 Å². The van der Waals surface area contributed by atoms with Gasteiger partial charge >= 0.3 is 0 Å². The van der Waals surface area contributed by atoms with Crippen molar-refractivity contribution < 1.29 is 4.74 Å². The van der Waals surface area contributed by atoms with Gasteiger partial charge in [-0.3, -0.25) is 4.98 Å². The molecule has 0 N–H and O–H groups in total. The lowest BCUT2D eigenvalue weighted by Crippen LogP contribution is -1.87. The van der Waals surface area contributed by atoms with Crippen LogP contribution in [0.25, 0.3) is 0 Å². The molecule has 1 heterocycles. The zero-order chi connectivity index (χ0) is 7.40. The number of terminal acetylenes is 1. The first-order valence-electron chi connectivity index (χ1n) is 2.83. The number of methoxy groups -OCH3 is 1. The van der Waals surface area contributed by atoms with E-state index in [0.717, 1.165) is 5.56 Å². The Morgan fingerprint density at radius 2 is 2.50 bits per heavy atom. The average molecular weight is 133 g/mol. The highest BCUT2D eigenvalue weighted by Crippen LogP contribution is 2.12. The highest BCUT2D eigenvalue weighted by Gasteiger charge is 1.95. The summed E-state index contributed by atoms with van der Waals surface area (Å²) in [6, 6.07) is 1.73. The molecule has 0 unspecified atom stereocenters. The SMILES string of the molecule is C#Cc1ccncc1OC. The minimum absolute atomic E-state index is 0.644. The van der Waals surface area contributed by atoms with Crippen molar-refractivity contribution in [3.63, 3.8) is 0 Å². The molecule has 10 heavy (non-hydrogen) atoms. The summed E-state index contributed by atoms with van der Waals surface area (Å²) in [7, 11) is 1.57. The van der Waals surface area contributed by atoms with E-state index in [1.807, 2.05) is 0 Å². The fourth-order valence-electron chi connectivity index (χ4n) is 0.662. The van der Waals surface area contributed by atoms with Crippen LogP contribution in [-0.2, 0) is 0 Å². The lowest BCUT2D eigenvalue weighted by molar-refractivity contribution is 0.411. The summed E-state index contributed by atoms with van der Waals surface area (Å²) in [4.78, 5) is 3.84. The van der Waals surface area contributed by atoms with E-state index in [4.69, 9.17) is 11.2 Å². The van der Waals surface area contributed by atoms with Gasteiger partial charge in [0.2, 0.25) is 0 Å². The number of hydrogen-bond donors (Lipinski definition) is 0. The molecule has 0 amide bonds. The van der Waals surface area contributed by atoms with E-state index in [1.165, 1.54) is 0 Å². The highest BCUT2D eigenvalue weighted by atomic mass is 16.5. The van der Waals surface area contributed by atoms with Crippen molar-refractivity contribution in [1.82, 2.24) is 4.98 Å². The number of rotatable bonds is 1. The summed E-state index contributed by atoms with van der Waals surface area (Å²) in [5.74, 6) is 3.12. The van der Waals surface area contributed by atoms with Crippen LogP contribution in [-0.4, -0.2) is 12.1 Å². The third kappa shape index (κ3) is 1.08. The quantitative estimate of drug-likeness (QED) is 0.534. The fourth-order valence-corrected chi connectivity index (χ4v) is 0.662. The summed E-state index contributed by atoms with van der Waals surface area (Å²) in [5, 5.41) is 0. The van der Waals surface area contributed by atoms with E-state index < -0.39 is 0 Å². The fraction of sp³-hybridized carbons (Fsp3) is 0.125. The van der Waals surface area contributed by atoms with Gasteiger partial charge in [-0.1, -0.05) is 5.92 Å². The Morgan fingerprint density at radius 1 is 1.70 bits per heavy atom. The van der Waals surface area contributed by atoms with E-state index in [2.05, 4.69) is 10.9 Å². The van der Waals surface area contributed by atoms with Crippen LogP contribution >= 0.6 is 0 Å². The van der Waals surface area contributed by atoms with Crippen molar-refractivity contribution in [3.05, 3.63) is 24.0 Å². The van der Waals surface area contributed by atoms with Crippen LogP contribution in [0.3, 0.4) is 0 Å². The molecule has 0 aromatic carbocycles. The van der Waals surface area contributed by atoms with E-state index in [1.54, 1.807) is 25.6 Å². The van der Waals surface area contributed by atoms with Gasteiger partial charge in [-0.2, -0.15) is 0 Å². The van der Waals surface area contributed by atoms with Crippen molar-refractivity contribution in [2.45, 2.75) is 0 Å². The van der Waals surface area contributed by atoms with Crippen molar-refractivity contribution in [3.8, 4) is 18.1 Å². The van der Waals surface area contributed by atoms with E-state index >= 15 is 0 Å². The Morgan fingerprint density at radius 3 is 3.00 bits per heavy atom. The van der Waals surface area contributed by atoms with Gasteiger partial charge in [0.1, 0.15) is 0 Å². The molecule has 50 valence electrons. The summed E-state index contributed by atoms with van der Waals surface area (Å²) in [6.07, 6.45) is 8.40. The molecule has 0 saturated heterocycles. The van der Waals surface area contributed by atoms with Crippen LogP contribution < -0.4 is 4.74 Å². The second kappa shape index (κ2) is 2.88. The first kappa shape index (κ1) is 6.63. The van der Waals surface area contributed by atoms with Gasteiger partial charge in [0.05, 0.1) is 18.9 Å². The van der Waals surface area contributed by atoms with Gasteiger partial charge in [0, 0.05) is 6.20 Å². The van der Waals surface area contributed by atoms with Crippen LogP contribution in [0.4, 0.5) is 0 Å². The van der Waals surface area contributed by atoms with E-state index in [9.17, 15) is 0 Å². The van der Waals surface area contributed by atoms with Crippen LogP contribution in [0.2, 0.25) is 0 Å². The van der Waals surface area contributed by atoms with Gasteiger partial charge in [-0.25, -0.2) is 0 Å². The molecule has 1 aromatic heterocycles. The molecule has 0 spiro atoms. The molecule has 1 rings (SSSR count). The molecule has 0 radical (unpaired) electrons. The van der Waals surface area contributed by atoms with Gasteiger partial charge < -0.3 is 4.74 Å². The molecule has 0 aliphatic carbocycles. The Kier molecular flexibility index (Phi) is 1.91. The van der Waals surface area contributed by atoms with Crippen molar-refractivity contribution >= 4 is 0 Å². The molecular weight excluding hydrogens is 126 g/mol. The largest absolute Gasteiger partial charge is 0.494 e. The molecule has 0 saturated carbocycles. The standard InChI is InChI=1S/C8H7NO/c1-3-7-4-5-9-6-8(7)10-2/h1,4-6H,2H3. The number of pyridine rings is 1. The Balaban J connectivity index is 3.12. The third-order valence-corrected chi connectivity index (χ3v) is 1.16. The average Bonchev–Trinajstić information content (AvgIpc) is 2.04. The smallest absolute Gasteiger partial charge is 0.152 e. The number of ether oxygens (including phenoxy) is 1. The monoisotopic (exact) mass is 133 g/mol. The molecule has 0 aliphatic heterocycles. The Labute approximate surface area is 59.9 Å². The zero-order valence-corrected chi connectivity index (χ0v) is 5.66. The van der Waals surface area contributed by atoms with Crippen LogP contribution in [0.15, 0.2) is 18.5 Å². The first-order chi connectivity index (χ1) is 4.88. The number of nitrogens with zero attached hydrogens (tertiary/aromatic N) is 1. The van der Waals surface area contributed by atoms with Gasteiger partial charge in [-0.05, 0) is 6.07 Å². The summed E-state index contributed by atoms with van der Waals surface area (Å²) >= 11 is 0. The van der Waals surface area contributed by atoms with E-state index in [-0.39, 0.29) is 0 Å². The van der Waals surface area contributed by atoms with Crippen molar-refractivity contribution in [2.24, 2.45) is 0 Å². The molecule has 2 heteroatoms.